The van der Waals surface area contributed by atoms with Gasteiger partial charge in [0.1, 0.15) is 0 Å². The van der Waals surface area contributed by atoms with Crippen molar-refractivity contribution in [2.75, 3.05) is 25.7 Å². The van der Waals surface area contributed by atoms with E-state index >= 15 is 0 Å². The number of anilines is 1. The molecule has 0 aliphatic rings. The Hall–Kier alpha value is -1.20. The van der Waals surface area contributed by atoms with Crippen LogP contribution in [0.5, 0.6) is 0 Å². The van der Waals surface area contributed by atoms with Crippen LogP contribution in [0.15, 0.2) is 6.07 Å². The summed E-state index contributed by atoms with van der Waals surface area (Å²) >= 11 is 0. The van der Waals surface area contributed by atoms with Gasteiger partial charge in [0.25, 0.3) is 0 Å². The van der Waals surface area contributed by atoms with Crippen molar-refractivity contribution in [1.82, 2.24) is 9.97 Å². The second-order valence-corrected chi connectivity index (χ2v) is 3.92. The predicted octanol–water partition coefficient (Wildman–Crippen LogP) is 0.715. The van der Waals surface area contributed by atoms with E-state index in [0.717, 1.165) is 11.4 Å². The monoisotopic (exact) mass is 224 g/mol. The fourth-order valence-corrected chi connectivity index (χ4v) is 1.43. The Kier molecular flexibility index (Phi) is 4.64. The largest absolute Gasteiger partial charge is 0.383 e. The standard InChI is InChI=1S/C11H20N4O/c1-8-5-10(6-12)14-11(13-8)15(3)9(2)7-16-4/h5,9H,6-7,12H2,1-4H3. The molecular formula is C11H20N4O. The number of aryl methyl sites for hydroxylation is 1. The summed E-state index contributed by atoms with van der Waals surface area (Å²) in [6.45, 7) is 5.09. The third-order valence-electron chi connectivity index (χ3n) is 2.49. The van der Waals surface area contributed by atoms with E-state index in [9.17, 15) is 0 Å². The van der Waals surface area contributed by atoms with Gasteiger partial charge in [0.2, 0.25) is 5.95 Å². The Morgan fingerprint density at radius 2 is 2.19 bits per heavy atom. The Morgan fingerprint density at radius 3 is 2.75 bits per heavy atom. The smallest absolute Gasteiger partial charge is 0.225 e. The molecule has 0 fully saturated rings. The van der Waals surface area contributed by atoms with Crippen molar-refractivity contribution in [3.63, 3.8) is 0 Å². The average Bonchev–Trinajstić information content (AvgIpc) is 2.27. The summed E-state index contributed by atoms with van der Waals surface area (Å²) < 4.78 is 5.11. The summed E-state index contributed by atoms with van der Waals surface area (Å²) in [5, 5.41) is 0. The zero-order valence-electron chi connectivity index (χ0n) is 10.4. The number of ether oxygens (including phenoxy) is 1. The summed E-state index contributed by atoms with van der Waals surface area (Å²) in [6.07, 6.45) is 0. The van der Waals surface area contributed by atoms with E-state index < -0.39 is 0 Å². The van der Waals surface area contributed by atoms with E-state index in [4.69, 9.17) is 10.5 Å². The van der Waals surface area contributed by atoms with Crippen LogP contribution >= 0.6 is 0 Å². The Balaban J connectivity index is 2.89. The minimum absolute atomic E-state index is 0.234. The van der Waals surface area contributed by atoms with Gasteiger partial charge in [-0.25, -0.2) is 9.97 Å². The summed E-state index contributed by atoms with van der Waals surface area (Å²) in [6, 6.07) is 2.13. The molecule has 1 aromatic heterocycles. The quantitative estimate of drug-likeness (QED) is 0.798. The lowest BCUT2D eigenvalue weighted by Gasteiger charge is -2.24. The van der Waals surface area contributed by atoms with Crippen molar-refractivity contribution in [3.8, 4) is 0 Å². The zero-order valence-corrected chi connectivity index (χ0v) is 10.4. The number of hydrogen-bond acceptors (Lipinski definition) is 5. The van der Waals surface area contributed by atoms with Crippen LogP contribution in [0, 0.1) is 6.92 Å². The highest BCUT2D eigenvalue weighted by Crippen LogP contribution is 2.11. The van der Waals surface area contributed by atoms with Gasteiger partial charge in [-0.1, -0.05) is 0 Å². The van der Waals surface area contributed by atoms with Crippen molar-refractivity contribution in [2.45, 2.75) is 26.4 Å². The summed E-state index contributed by atoms with van der Waals surface area (Å²) in [4.78, 5) is 10.8. The highest BCUT2D eigenvalue weighted by molar-refractivity contribution is 5.32. The van der Waals surface area contributed by atoms with E-state index in [1.807, 2.05) is 24.9 Å². The van der Waals surface area contributed by atoms with Gasteiger partial charge in [-0.3, -0.25) is 0 Å². The highest BCUT2D eigenvalue weighted by Gasteiger charge is 2.13. The first-order valence-electron chi connectivity index (χ1n) is 5.35. The minimum Gasteiger partial charge on any atom is -0.383 e. The molecule has 0 radical (unpaired) electrons. The van der Waals surface area contributed by atoms with Gasteiger partial charge in [-0.15, -0.1) is 0 Å². The van der Waals surface area contributed by atoms with Crippen LogP contribution in [0.3, 0.4) is 0 Å². The van der Waals surface area contributed by atoms with Crippen molar-refractivity contribution in [3.05, 3.63) is 17.5 Å². The summed E-state index contributed by atoms with van der Waals surface area (Å²) in [5.41, 5.74) is 7.38. The normalized spacial score (nSPS) is 12.6. The number of likely N-dealkylation sites (N-methyl/N-ethyl adjacent to an activating group) is 1. The Morgan fingerprint density at radius 1 is 1.50 bits per heavy atom. The molecule has 5 heteroatoms. The lowest BCUT2D eigenvalue weighted by Crippen LogP contribution is -2.34. The maximum Gasteiger partial charge on any atom is 0.225 e. The number of nitrogens with two attached hydrogens (primary N) is 1. The molecule has 0 aliphatic heterocycles. The third kappa shape index (κ3) is 3.15. The fourth-order valence-electron chi connectivity index (χ4n) is 1.43. The zero-order chi connectivity index (χ0) is 12.1. The molecule has 0 amide bonds. The van der Waals surface area contributed by atoms with Crippen LogP contribution in [-0.4, -0.2) is 36.8 Å². The average molecular weight is 224 g/mol. The molecule has 0 spiro atoms. The van der Waals surface area contributed by atoms with Crippen molar-refractivity contribution in [1.29, 1.82) is 0 Å². The topological polar surface area (TPSA) is 64.3 Å². The molecule has 1 heterocycles. The van der Waals surface area contributed by atoms with Gasteiger partial charge in [-0.2, -0.15) is 0 Å². The van der Waals surface area contributed by atoms with Crippen LogP contribution < -0.4 is 10.6 Å². The first-order valence-corrected chi connectivity index (χ1v) is 5.35. The van der Waals surface area contributed by atoms with Gasteiger partial charge in [-0.05, 0) is 19.9 Å². The minimum atomic E-state index is 0.234. The van der Waals surface area contributed by atoms with Crippen molar-refractivity contribution >= 4 is 5.95 Å². The molecule has 0 bridgehead atoms. The van der Waals surface area contributed by atoms with Gasteiger partial charge in [0, 0.05) is 26.4 Å². The van der Waals surface area contributed by atoms with Gasteiger partial charge >= 0.3 is 0 Å². The maximum atomic E-state index is 5.59. The first-order chi connectivity index (χ1) is 7.58. The molecule has 1 unspecified atom stereocenters. The number of methoxy groups -OCH3 is 1. The fraction of sp³-hybridized carbons (Fsp3) is 0.636. The van der Waals surface area contributed by atoms with E-state index in [1.54, 1.807) is 7.11 Å². The molecule has 0 aliphatic carbocycles. The van der Waals surface area contributed by atoms with Crippen LogP contribution in [-0.2, 0) is 11.3 Å². The van der Waals surface area contributed by atoms with Crippen LogP contribution in [0.4, 0.5) is 5.95 Å². The van der Waals surface area contributed by atoms with E-state index in [0.29, 0.717) is 19.1 Å². The molecule has 5 nitrogen and oxygen atoms in total. The lowest BCUT2D eigenvalue weighted by atomic mass is 10.3. The number of aromatic nitrogens is 2. The molecule has 0 aromatic carbocycles. The van der Waals surface area contributed by atoms with Crippen LogP contribution in [0.2, 0.25) is 0 Å². The number of rotatable bonds is 5. The van der Waals surface area contributed by atoms with Gasteiger partial charge in [0.15, 0.2) is 0 Å². The molecular weight excluding hydrogens is 204 g/mol. The first kappa shape index (κ1) is 12.9. The second-order valence-electron chi connectivity index (χ2n) is 3.92. The number of hydrogen-bond donors (Lipinski definition) is 1. The maximum absolute atomic E-state index is 5.59. The lowest BCUT2D eigenvalue weighted by molar-refractivity contribution is 0.183. The molecule has 2 N–H and O–H groups in total. The number of nitrogens with zero attached hydrogens (tertiary/aromatic N) is 3. The second kappa shape index (κ2) is 5.77. The highest BCUT2D eigenvalue weighted by atomic mass is 16.5. The Labute approximate surface area is 96.6 Å². The van der Waals surface area contributed by atoms with E-state index in [-0.39, 0.29) is 6.04 Å². The molecule has 0 saturated heterocycles. The van der Waals surface area contributed by atoms with Crippen LogP contribution in [0.25, 0.3) is 0 Å². The molecule has 0 saturated carbocycles. The van der Waals surface area contributed by atoms with Crippen molar-refractivity contribution < 1.29 is 4.74 Å². The SMILES string of the molecule is COCC(C)N(C)c1nc(C)cc(CN)n1. The van der Waals surface area contributed by atoms with Gasteiger partial charge in [0.05, 0.1) is 18.3 Å². The Bertz CT molecular complexity index is 343. The van der Waals surface area contributed by atoms with Crippen LogP contribution in [0.1, 0.15) is 18.3 Å². The molecule has 1 atom stereocenters. The van der Waals surface area contributed by atoms with E-state index in [1.165, 1.54) is 0 Å². The van der Waals surface area contributed by atoms with E-state index in [2.05, 4.69) is 16.9 Å². The van der Waals surface area contributed by atoms with Gasteiger partial charge < -0.3 is 15.4 Å². The van der Waals surface area contributed by atoms with Crippen molar-refractivity contribution in [2.24, 2.45) is 5.73 Å². The molecule has 16 heavy (non-hydrogen) atoms. The third-order valence-corrected chi connectivity index (χ3v) is 2.49. The molecule has 1 aromatic rings. The molecule has 1 rings (SSSR count). The predicted molar refractivity (Wildman–Crippen MR) is 64.4 cm³/mol. The summed E-state index contributed by atoms with van der Waals surface area (Å²) in [7, 11) is 3.64. The molecule has 90 valence electrons. The summed E-state index contributed by atoms with van der Waals surface area (Å²) in [5.74, 6) is 0.699.